The van der Waals surface area contributed by atoms with Crippen molar-refractivity contribution in [3.05, 3.63) is 41.5 Å². The second kappa shape index (κ2) is 10.9. The van der Waals surface area contributed by atoms with Gasteiger partial charge in [0.05, 0.1) is 6.61 Å². The highest BCUT2D eigenvalue weighted by Crippen LogP contribution is 2.19. The predicted molar refractivity (Wildman–Crippen MR) is 106 cm³/mol. The van der Waals surface area contributed by atoms with E-state index in [0.29, 0.717) is 38.4 Å². The van der Waals surface area contributed by atoms with Gasteiger partial charge in [0.2, 0.25) is 11.0 Å². The zero-order chi connectivity index (χ0) is 19.6. The molecule has 1 atom stereocenters. The van der Waals surface area contributed by atoms with Crippen molar-refractivity contribution in [3.8, 4) is 0 Å². The van der Waals surface area contributed by atoms with E-state index in [1.165, 1.54) is 23.7 Å². The largest absolute Gasteiger partial charge is 0.383 e. The van der Waals surface area contributed by atoms with Gasteiger partial charge in [-0.1, -0.05) is 19.1 Å². The van der Waals surface area contributed by atoms with E-state index in [1.54, 1.807) is 19.2 Å². The summed E-state index contributed by atoms with van der Waals surface area (Å²) >= 11 is 1.30. The van der Waals surface area contributed by atoms with Crippen LogP contribution in [0.1, 0.15) is 38.1 Å². The number of methoxy groups -OCH3 is 1. The Balaban J connectivity index is 1.97. The van der Waals surface area contributed by atoms with Crippen LogP contribution in [0.15, 0.2) is 24.3 Å². The summed E-state index contributed by atoms with van der Waals surface area (Å²) in [7, 11) is 1.65. The number of rotatable bonds is 11. The molecule has 1 aromatic carbocycles. The van der Waals surface area contributed by atoms with Gasteiger partial charge in [0, 0.05) is 50.6 Å². The maximum atomic E-state index is 13.0. The van der Waals surface area contributed by atoms with Crippen LogP contribution in [0.2, 0.25) is 0 Å². The van der Waals surface area contributed by atoms with Crippen LogP contribution in [0.25, 0.3) is 0 Å². The summed E-state index contributed by atoms with van der Waals surface area (Å²) in [6.45, 7) is 5.77. The molecule has 6 nitrogen and oxygen atoms in total. The molecule has 148 valence electrons. The van der Waals surface area contributed by atoms with E-state index in [2.05, 4.69) is 14.7 Å². The summed E-state index contributed by atoms with van der Waals surface area (Å²) in [6, 6.07) is 6.51. The fourth-order valence-corrected chi connectivity index (χ4v) is 3.16. The average Bonchev–Trinajstić information content (AvgIpc) is 3.12. The Labute approximate surface area is 163 Å². The quantitative estimate of drug-likeness (QED) is 0.635. The zero-order valence-electron chi connectivity index (χ0n) is 16.1. The monoisotopic (exact) mass is 394 g/mol. The predicted octanol–water partition coefficient (Wildman–Crippen LogP) is 3.03. The second-order valence-corrected chi connectivity index (χ2v) is 7.13. The van der Waals surface area contributed by atoms with Gasteiger partial charge in [-0.3, -0.25) is 4.79 Å². The average molecular weight is 395 g/mol. The SMILES string of the molecule is CC[C@H](C)NC(=O)CCN(CCOC)c1nc(Cc2ccc(F)cc2)ns1. The van der Waals surface area contributed by atoms with Crippen LogP contribution in [0.4, 0.5) is 9.52 Å². The number of nitrogens with one attached hydrogen (secondary N) is 1. The number of hydrogen-bond donors (Lipinski definition) is 1. The third-order valence-corrected chi connectivity index (χ3v) is 5.01. The molecule has 0 saturated carbocycles. The highest BCUT2D eigenvalue weighted by Gasteiger charge is 2.15. The molecule has 8 heteroatoms. The molecule has 0 unspecified atom stereocenters. The van der Waals surface area contributed by atoms with Gasteiger partial charge in [0.25, 0.3) is 0 Å². The number of nitrogens with zero attached hydrogens (tertiary/aromatic N) is 3. The highest BCUT2D eigenvalue weighted by atomic mass is 32.1. The minimum Gasteiger partial charge on any atom is -0.383 e. The first-order valence-electron chi connectivity index (χ1n) is 9.12. The van der Waals surface area contributed by atoms with Crippen LogP contribution in [0, 0.1) is 5.82 Å². The van der Waals surface area contributed by atoms with Gasteiger partial charge in [0.15, 0.2) is 0 Å². The molecule has 0 aliphatic rings. The molecule has 0 aliphatic heterocycles. The number of carbonyl (C=O) groups is 1. The summed E-state index contributed by atoms with van der Waals surface area (Å²) in [5, 5.41) is 3.74. The summed E-state index contributed by atoms with van der Waals surface area (Å²) in [6.07, 6.45) is 1.84. The Morgan fingerprint density at radius 3 is 2.74 bits per heavy atom. The van der Waals surface area contributed by atoms with Crippen LogP contribution >= 0.6 is 11.5 Å². The zero-order valence-corrected chi connectivity index (χ0v) is 16.9. The number of aromatic nitrogens is 2. The summed E-state index contributed by atoms with van der Waals surface area (Å²) in [4.78, 5) is 18.7. The maximum Gasteiger partial charge on any atom is 0.221 e. The van der Waals surface area contributed by atoms with E-state index >= 15 is 0 Å². The molecule has 1 heterocycles. The van der Waals surface area contributed by atoms with Gasteiger partial charge in [-0.25, -0.2) is 9.37 Å². The molecule has 0 saturated heterocycles. The first kappa shape index (κ1) is 21.2. The number of anilines is 1. The molecule has 0 aliphatic carbocycles. The lowest BCUT2D eigenvalue weighted by atomic mass is 10.1. The minimum atomic E-state index is -0.257. The molecule has 0 bridgehead atoms. The van der Waals surface area contributed by atoms with Crippen LogP contribution < -0.4 is 10.2 Å². The smallest absolute Gasteiger partial charge is 0.221 e. The topological polar surface area (TPSA) is 67.4 Å². The molecule has 2 aromatic rings. The van der Waals surface area contributed by atoms with Crippen molar-refractivity contribution in [1.29, 1.82) is 0 Å². The van der Waals surface area contributed by atoms with Crippen molar-refractivity contribution >= 4 is 22.6 Å². The summed E-state index contributed by atoms with van der Waals surface area (Å²) in [5.41, 5.74) is 0.956. The van der Waals surface area contributed by atoms with Gasteiger partial charge < -0.3 is 15.0 Å². The fourth-order valence-electron chi connectivity index (χ4n) is 2.42. The van der Waals surface area contributed by atoms with Gasteiger partial charge in [-0.2, -0.15) is 4.37 Å². The number of ether oxygens (including phenoxy) is 1. The van der Waals surface area contributed by atoms with Crippen LogP contribution in [0.5, 0.6) is 0 Å². The molecule has 1 N–H and O–H groups in total. The van der Waals surface area contributed by atoms with E-state index in [9.17, 15) is 9.18 Å². The van der Waals surface area contributed by atoms with E-state index < -0.39 is 0 Å². The fraction of sp³-hybridized carbons (Fsp3) is 0.526. The maximum absolute atomic E-state index is 13.0. The number of amides is 1. The van der Waals surface area contributed by atoms with Crippen molar-refractivity contribution in [2.24, 2.45) is 0 Å². The standard InChI is InChI=1S/C19H27FN4O2S/c1-4-14(2)21-18(25)9-10-24(11-12-26-3)19-22-17(23-27-19)13-15-5-7-16(20)8-6-15/h5-8,14H,4,9-13H2,1-3H3,(H,21,25)/t14-/m0/s1. The second-order valence-electron chi connectivity index (χ2n) is 6.40. The molecular weight excluding hydrogens is 367 g/mol. The van der Waals surface area contributed by atoms with E-state index in [1.807, 2.05) is 18.7 Å². The lowest BCUT2D eigenvalue weighted by Crippen LogP contribution is -2.36. The molecule has 0 radical (unpaired) electrons. The first-order chi connectivity index (χ1) is 13.0. The van der Waals surface area contributed by atoms with Crippen molar-refractivity contribution in [3.63, 3.8) is 0 Å². The minimum absolute atomic E-state index is 0.0304. The number of hydrogen-bond acceptors (Lipinski definition) is 6. The lowest BCUT2D eigenvalue weighted by Gasteiger charge is -2.21. The van der Waals surface area contributed by atoms with Crippen molar-refractivity contribution in [1.82, 2.24) is 14.7 Å². The first-order valence-corrected chi connectivity index (χ1v) is 9.89. The normalized spacial score (nSPS) is 12.0. The molecule has 0 spiro atoms. The van der Waals surface area contributed by atoms with Crippen LogP contribution in [-0.4, -0.2) is 48.1 Å². The van der Waals surface area contributed by atoms with E-state index in [4.69, 9.17) is 4.74 Å². The third-order valence-electron chi connectivity index (χ3n) is 4.20. The highest BCUT2D eigenvalue weighted by molar-refractivity contribution is 7.09. The van der Waals surface area contributed by atoms with Gasteiger partial charge in [-0.15, -0.1) is 0 Å². The Morgan fingerprint density at radius 1 is 1.33 bits per heavy atom. The van der Waals surface area contributed by atoms with Crippen LogP contribution in [-0.2, 0) is 16.0 Å². The van der Waals surface area contributed by atoms with Crippen molar-refractivity contribution < 1.29 is 13.9 Å². The van der Waals surface area contributed by atoms with Gasteiger partial charge in [0.1, 0.15) is 11.6 Å². The van der Waals surface area contributed by atoms with E-state index in [0.717, 1.165) is 17.1 Å². The molecule has 1 amide bonds. The molecular formula is C19H27FN4O2S. The summed E-state index contributed by atoms with van der Waals surface area (Å²) in [5.74, 6) is 0.461. The number of benzene rings is 1. The Morgan fingerprint density at radius 2 is 2.07 bits per heavy atom. The summed E-state index contributed by atoms with van der Waals surface area (Å²) < 4.78 is 22.6. The Hall–Kier alpha value is -2.06. The lowest BCUT2D eigenvalue weighted by molar-refractivity contribution is -0.121. The third kappa shape index (κ3) is 7.22. The molecule has 2 rings (SSSR count). The van der Waals surface area contributed by atoms with Crippen molar-refractivity contribution in [2.75, 3.05) is 31.7 Å². The van der Waals surface area contributed by atoms with Crippen LogP contribution in [0.3, 0.4) is 0 Å². The van der Waals surface area contributed by atoms with Gasteiger partial charge in [-0.05, 0) is 31.0 Å². The van der Waals surface area contributed by atoms with Crippen molar-refractivity contribution in [2.45, 2.75) is 39.2 Å². The number of halogens is 1. The molecule has 27 heavy (non-hydrogen) atoms. The van der Waals surface area contributed by atoms with E-state index in [-0.39, 0.29) is 17.8 Å². The Kier molecular flexibility index (Phi) is 8.60. The molecule has 0 fully saturated rings. The number of carbonyl (C=O) groups excluding carboxylic acids is 1. The molecule has 1 aromatic heterocycles. The van der Waals surface area contributed by atoms with Gasteiger partial charge >= 0.3 is 0 Å². The Bertz CT molecular complexity index is 708.